The number of allylic oxidation sites excluding steroid dienone is 2. The molecule has 0 spiro atoms. The summed E-state index contributed by atoms with van der Waals surface area (Å²) >= 11 is 0. The van der Waals surface area contributed by atoms with Crippen LogP contribution in [0.5, 0.6) is 23.0 Å². The number of carbonyl (C=O) groups excluding carboxylic acids is 3. The van der Waals surface area contributed by atoms with Gasteiger partial charge >= 0.3 is 11.8 Å². The lowest BCUT2D eigenvalue weighted by Gasteiger charge is -2.38. The number of methoxy groups -OCH3 is 1. The van der Waals surface area contributed by atoms with Crippen LogP contribution < -0.4 is 10.1 Å². The number of hydrogen-bond donors (Lipinski definition) is 6. The molecule has 0 aliphatic carbocycles. The SMILES string of the molecule is CO[C@H]1/C=C/O[C@@]2(C)Oc3c(C)c(O)c4c(O)c(c(/C=N/OC(C)C)c(O)c4c3C2=O)NC(=O)/C(C)=C\C=C\[C@H](C)[C@H](O)[C@@H](C)[C@@H](O)[C@@H](C)[C@H](OC(C)=O)[C@@H]1C. The molecule has 3 heterocycles. The largest absolute Gasteiger partial charge is 0.507 e. The molecule has 2 aromatic carbocycles. The van der Waals surface area contributed by atoms with Crippen molar-refractivity contribution in [2.45, 2.75) is 106 Å². The highest BCUT2D eigenvalue weighted by molar-refractivity contribution is 6.23. The highest BCUT2D eigenvalue weighted by Gasteiger charge is 2.50. The summed E-state index contributed by atoms with van der Waals surface area (Å²) in [6.45, 7) is 15.8. The van der Waals surface area contributed by atoms with Gasteiger partial charge in [-0.2, -0.15) is 0 Å². The van der Waals surface area contributed by atoms with Gasteiger partial charge in [0.15, 0.2) is 5.75 Å². The number of phenols is 3. The number of esters is 1. The number of nitrogens with one attached hydrogen (secondary N) is 1. The zero-order valence-corrected chi connectivity index (χ0v) is 33.6. The van der Waals surface area contributed by atoms with Crippen molar-refractivity contribution in [1.29, 1.82) is 0 Å². The van der Waals surface area contributed by atoms with Crippen molar-refractivity contribution in [3.63, 3.8) is 0 Å². The highest BCUT2D eigenvalue weighted by atomic mass is 16.7. The third-order valence-electron chi connectivity index (χ3n) is 10.5. The number of phenolic OH excluding ortho intramolecular Hbond substituents is 3. The van der Waals surface area contributed by atoms with E-state index in [1.165, 1.54) is 53.2 Å². The molecule has 1 amide bonds. The van der Waals surface area contributed by atoms with Gasteiger partial charge in [0.05, 0.1) is 53.0 Å². The van der Waals surface area contributed by atoms with Crippen LogP contribution in [0.2, 0.25) is 0 Å². The maximum Gasteiger partial charge on any atom is 0.312 e. The molecule has 2 aromatic rings. The number of Topliss-reactive ketones (excluding diaryl/α,β-unsaturated/α-hetero) is 1. The molecule has 5 bridgehead atoms. The van der Waals surface area contributed by atoms with Gasteiger partial charge in [-0.1, -0.05) is 51.1 Å². The monoisotopic (exact) mass is 782 g/mol. The first kappa shape index (κ1) is 43.6. The number of amides is 1. The molecule has 0 fully saturated rings. The lowest BCUT2D eigenvalue weighted by molar-refractivity contribution is -0.160. The standard InChI is InChI=1S/C41H54N2O13/c1-18(2)56-42-17-26-31-36(49)29-28(35(26)48)30-38(24(8)34(29)47)55-41(10,39(30)50)53-16-15-27(52-11)21(5)37(54-25(9)44)23(7)33(46)22(6)32(45)19(3)13-12-14-20(4)40(51)43-31/h12-19,21-23,27,32-33,37,45-49H,1-11H3,(H,43,51)/b13-12+,16-15+,20-14-,42-17+/t19-,21+,22+,23+,27-,32-,33+,37+,41-/m0/s1. The number of carbonyl (C=O) groups is 3. The Bertz CT molecular complexity index is 1970. The van der Waals surface area contributed by atoms with E-state index in [0.717, 1.165) is 6.21 Å². The number of ether oxygens (including phenoxy) is 4. The van der Waals surface area contributed by atoms with Crippen LogP contribution >= 0.6 is 0 Å². The Morgan fingerprint density at radius 1 is 0.964 bits per heavy atom. The Morgan fingerprint density at radius 3 is 2.23 bits per heavy atom. The average molecular weight is 783 g/mol. The fraction of sp³-hybridized carbons (Fsp3) is 0.512. The zero-order chi connectivity index (χ0) is 42.0. The number of benzene rings is 2. The maximum absolute atomic E-state index is 14.3. The summed E-state index contributed by atoms with van der Waals surface area (Å²) in [4.78, 5) is 45.4. The van der Waals surface area contributed by atoms with Gasteiger partial charge in [0.2, 0.25) is 0 Å². The Balaban J connectivity index is 1.97. The minimum atomic E-state index is -2.06. The summed E-state index contributed by atoms with van der Waals surface area (Å²) in [6.07, 6.45) is 4.11. The molecule has 0 radical (unpaired) electrons. The second-order valence-electron chi connectivity index (χ2n) is 15.0. The van der Waals surface area contributed by atoms with Gasteiger partial charge in [0, 0.05) is 61.2 Å². The van der Waals surface area contributed by atoms with Crippen LogP contribution in [0.1, 0.15) is 83.8 Å². The molecule has 5 rings (SSSR count). The number of aromatic hydroxyl groups is 3. The van der Waals surface area contributed by atoms with Crippen LogP contribution in [0.4, 0.5) is 5.69 Å². The molecular weight excluding hydrogens is 728 g/mol. The van der Waals surface area contributed by atoms with Crippen molar-refractivity contribution in [1.82, 2.24) is 0 Å². The number of fused-ring (bicyclic) bond motifs is 14. The first-order valence-corrected chi connectivity index (χ1v) is 18.4. The van der Waals surface area contributed by atoms with Gasteiger partial charge in [-0.25, -0.2) is 0 Å². The van der Waals surface area contributed by atoms with Crippen LogP contribution in [-0.2, 0) is 28.6 Å². The fourth-order valence-corrected chi connectivity index (χ4v) is 7.08. The van der Waals surface area contributed by atoms with Crippen molar-refractivity contribution in [2.75, 3.05) is 12.4 Å². The first-order valence-electron chi connectivity index (χ1n) is 18.4. The van der Waals surface area contributed by atoms with Crippen molar-refractivity contribution >= 4 is 40.3 Å². The second-order valence-corrected chi connectivity index (χ2v) is 15.0. The molecular formula is C41H54N2O13. The average Bonchev–Trinajstić information content (AvgIpc) is 3.41. The van der Waals surface area contributed by atoms with Gasteiger partial charge in [-0.3, -0.25) is 14.4 Å². The third-order valence-corrected chi connectivity index (χ3v) is 10.5. The Kier molecular flexibility index (Phi) is 13.5. The van der Waals surface area contributed by atoms with E-state index >= 15 is 0 Å². The van der Waals surface area contributed by atoms with Crippen molar-refractivity contribution in [2.24, 2.45) is 28.8 Å². The molecule has 3 aliphatic heterocycles. The lowest BCUT2D eigenvalue weighted by Crippen LogP contribution is -2.46. The Hall–Kier alpha value is -5.12. The smallest absolute Gasteiger partial charge is 0.312 e. The van der Waals surface area contributed by atoms with Crippen molar-refractivity contribution in [3.05, 3.63) is 52.8 Å². The molecule has 15 nitrogen and oxygen atoms in total. The Labute approximate surface area is 326 Å². The molecule has 0 aromatic heterocycles. The highest BCUT2D eigenvalue weighted by Crippen LogP contribution is 2.55. The zero-order valence-electron chi connectivity index (χ0n) is 33.6. The quantitative estimate of drug-likeness (QED) is 0.0725. The molecule has 306 valence electrons. The number of oxime groups is 1. The maximum atomic E-state index is 14.3. The molecule has 6 N–H and O–H groups in total. The number of hydrogen-bond acceptors (Lipinski definition) is 14. The topological polar surface area (TPSA) is 223 Å². The minimum Gasteiger partial charge on any atom is -0.507 e. The van der Waals surface area contributed by atoms with E-state index in [1.54, 1.807) is 53.7 Å². The second kappa shape index (κ2) is 17.3. The number of anilines is 1. The summed E-state index contributed by atoms with van der Waals surface area (Å²) in [7, 11) is 1.43. The van der Waals surface area contributed by atoms with E-state index in [-0.39, 0.29) is 50.6 Å². The van der Waals surface area contributed by atoms with Crippen LogP contribution in [0.3, 0.4) is 0 Å². The van der Waals surface area contributed by atoms with Crippen molar-refractivity contribution in [3.8, 4) is 23.0 Å². The summed E-state index contributed by atoms with van der Waals surface area (Å²) in [5.74, 6) is -8.63. The number of aliphatic hydroxyl groups excluding tert-OH is 2. The molecule has 0 unspecified atom stereocenters. The van der Waals surface area contributed by atoms with Crippen LogP contribution in [0.15, 0.2) is 41.3 Å². The molecule has 0 saturated heterocycles. The lowest BCUT2D eigenvalue weighted by atomic mass is 9.78. The number of rotatable bonds is 5. The fourth-order valence-electron chi connectivity index (χ4n) is 7.08. The molecule has 15 heteroatoms. The summed E-state index contributed by atoms with van der Waals surface area (Å²) in [5, 5.41) is 63.6. The minimum absolute atomic E-state index is 0.0334. The predicted octanol–water partition coefficient (Wildman–Crippen LogP) is 5.51. The third kappa shape index (κ3) is 8.49. The van der Waals surface area contributed by atoms with Crippen molar-refractivity contribution < 1.29 is 63.7 Å². The number of nitrogens with zero attached hydrogens (tertiary/aromatic N) is 1. The van der Waals surface area contributed by atoms with Crippen LogP contribution in [0, 0.1) is 30.6 Å². The number of aliphatic hydroxyl groups is 2. The van der Waals surface area contributed by atoms with E-state index in [4.69, 9.17) is 23.8 Å². The predicted molar refractivity (Wildman–Crippen MR) is 208 cm³/mol. The van der Waals surface area contributed by atoms with E-state index in [9.17, 15) is 39.9 Å². The van der Waals surface area contributed by atoms with Crippen LogP contribution in [-0.4, -0.2) is 92.8 Å². The summed E-state index contributed by atoms with van der Waals surface area (Å²) in [5.41, 5.74) is -0.618. The van der Waals surface area contributed by atoms with E-state index < -0.39 is 88.8 Å². The molecule has 0 saturated carbocycles. The summed E-state index contributed by atoms with van der Waals surface area (Å²) in [6, 6.07) is 0. The normalized spacial score (nSPS) is 31.1. The molecule has 3 aliphatic rings. The molecule has 9 atom stereocenters. The van der Waals surface area contributed by atoms with Gasteiger partial charge in [0.1, 0.15) is 29.5 Å². The summed E-state index contributed by atoms with van der Waals surface area (Å²) < 4.78 is 23.4. The van der Waals surface area contributed by atoms with Gasteiger partial charge in [0.25, 0.3) is 11.7 Å². The van der Waals surface area contributed by atoms with Gasteiger partial charge < -0.3 is 54.6 Å². The van der Waals surface area contributed by atoms with Gasteiger partial charge in [-0.05, 0) is 33.8 Å². The van der Waals surface area contributed by atoms with Gasteiger partial charge in [-0.15, -0.1) is 0 Å². The van der Waals surface area contributed by atoms with E-state index in [1.807, 2.05) is 0 Å². The van der Waals surface area contributed by atoms with Crippen LogP contribution in [0.25, 0.3) is 10.8 Å². The first-order chi connectivity index (χ1) is 26.2. The van der Waals surface area contributed by atoms with E-state index in [0.29, 0.717) is 0 Å². The molecule has 56 heavy (non-hydrogen) atoms. The number of ketones is 1. The Morgan fingerprint density at radius 2 is 1.62 bits per heavy atom. The van der Waals surface area contributed by atoms with E-state index in [2.05, 4.69) is 10.5 Å².